The molecule has 1 aromatic heterocycles. The van der Waals surface area contributed by atoms with Crippen LogP contribution >= 0.6 is 0 Å². The predicted octanol–water partition coefficient (Wildman–Crippen LogP) is 16.1. The molecule has 0 amide bonds. The summed E-state index contributed by atoms with van der Waals surface area (Å²) in [5, 5.41) is 4.92. The van der Waals surface area contributed by atoms with Crippen molar-refractivity contribution in [3.8, 4) is 27.9 Å². The molecule has 1 heterocycles. The van der Waals surface area contributed by atoms with Gasteiger partial charge in [0.1, 0.15) is 0 Å². The lowest BCUT2D eigenvalue weighted by molar-refractivity contribution is 0.997. The molecule has 0 aliphatic heterocycles. The highest BCUT2D eigenvalue weighted by molar-refractivity contribution is 6.12. The van der Waals surface area contributed by atoms with Gasteiger partial charge in [-0.15, -0.1) is 0 Å². The molecule has 0 bridgehead atoms. The number of anilines is 5. The van der Waals surface area contributed by atoms with E-state index in [1.165, 1.54) is 60.5 Å². The lowest BCUT2D eigenvalue weighted by Gasteiger charge is -2.27. The molecular formula is C58H43N3. The van der Waals surface area contributed by atoms with Gasteiger partial charge in [0.05, 0.1) is 11.0 Å². The Bertz CT molecular complexity index is 3180. The van der Waals surface area contributed by atoms with Gasteiger partial charge in [0.25, 0.3) is 0 Å². The lowest BCUT2D eigenvalue weighted by Crippen LogP contribution is -2.16. The first-order valence-corrected chi connectivity index (χ1v) is 21.2. The number of rotatable bonds is 9. The van der Waals surface area contributed by atoms with Gasteiger partial charge in [-0.05, 0) is 149 Å². The van der Waals surface area contributed by atoms with Gasteiger partial charge in [-0.2, -0.15) is 0 Å². The molecule has 0 saturated carbocycles. The van der Waals surface area contributed by atoms with Crippen LogP contribution in [0, 0.1) is 0 Å². The molecule has 11 rings (SSSR count). The zero-order chi connectivity index (χ0) is 40.5. The topological polar surface area (TPSA) is 11.4 Å². The molecule has 0 radical (unpaired) electrons. The van der Waals surface area contributed by atoms with Crippen molar-refractivity contribution in [3.63, 3.8) is 0 Å². The van der Waals surface area contributed by atoms with Gasteiger partial charge in [0.15, 0.2) is 0 Å². The van der Waals surface area contributed by atoms with Crippen molar-refractivity contribution in [1.82, 2.24) is 4.57 Å². The molecule has 10 aromatic rings. The average Bonchev–Trinajstić information content (AvgIpc) is 3.66. The van der Waals surface area contributed by atoms with Crippen LogP contribution in [0.5, 0.6) is 0 Å². The molecule has 61 heavy (non-hydrogen) atoms. The van der Waals surface area contributed by atoms with E-state index in [1.807, 2.05) is 0 Å². The molecule has 0 fully saturated rings. The second-order valence-electron chi connectivity index (χ2n) is 15.7. The Morgan fingerprint density at radius 3 is 1.33 bits per heavy atom. The summed E-state index contributed by atoms with van der Waals surface area (Å²) >= 11 is 0. The van der Waals surface area contributed by atoms with Crippen LogP contribution in [0.3, 0.4) is 0 Å². The molecule has 0 unspecified atom stereocenters. The Balaban J connectivity index is 1.01. The summed E-state index contributed by atoms with van der Waals surface area (Å²) in [4.78, 5) is 4.66. The maximum absolute atomic E-state index is 2.43. The summed E-state index contributed by atoms with van der Waals surface area (Å²) in [6, 6.07) is 79.2. The van der Waals surface area contributed by atoms with Crippen LogP contribution < -0.4 is 9.80 Å². The lowest BCUT2D eigenvalue weighted by atomic mass is 9.99. The predicted molar refractivity (Wildman–Crippen MR) is 259 cm³/mol. The SMILES string of the molecule is C1=CC(N(c2ccccc2)c2ccc(-c3ccc4c(c3)c3cc(-c5ccc(N(c6ccccc6)c6ccccc6)cc5)ccc3n4-c3ccc4ccccc4c3)cc2)=CCC1. The molecule has 0 spiro atoms. The summed E-state index contributed by atoms with van der Waals surface area (Å²) < 4.78 is 2.43. The maximum atomic E-state index is 2.43. The second-order valence-corrected chi connectivity index (χ2v) is 15.7. The fraction of sp³-hybridized carbons (Fsp3) is 0.0345. The van der Waals surface area contributed by atoms with Crippen LogP contribution in [0.1, 0.15) is 12.8 Å². The van der Waals surface area contributed by atoms with E-state index in [9.17, 15) is 0 Å². The number of fused-ring (bicyclic) bond motifs is 4. The molecule has 3 heteroatoms. The normalized spacial score (nSPS) is 12.5. The summed E-state index contributed by atoms with van der Waals surface area (Å²) in [5.41, 5.74) is 15.2. The van der Waals surface area contributed by atoms with Gasteiger partial charge >= 0.3 is 0 Å². The van der Waals surface area contributed by atoms with Crippen LogP contribution in [0.15, 0.2) is 242 Å². The first-order chi connectivity index (χ1) is 30.2. The summed E-state index contributed by atoms with van der Waals surface area (Å²) in [6.45, 7) is 0. The fourth-order valence-corrected chi connectivity index (χ4v) is 8.97. The average molecular weight is 782 g/mol. The van der Waals surface area contributed by atoms with E-state index in [4.69, 9.17) is 0 Å². The summed E-state index contributed by atoms with van der Waals surface area (Å²) in [5.74, 6) is 0. The third-order valence-corrected chi connectivity index (χ3v) is 12.0. The van der Waals surface area contributed by atoms with E-state index in [2.05, 4.69) is 251 Å². The van der Waals surface area contributed by atoms with Gasteiger partial charge in [0.2, 0.25) is 0 Å². The maximum Gasteiger partial charge on any atom is 0.0541 e. The van der Waals surface area contributed by atoms with Crippen LogP contribution in [0.4, 0.5) is 28.4 Å². The number of nitrogens with zero attached hydrogens (tertiary/aromatic N) is 3. The van der Waals surface area contributed by atoms with E-state index in [1.54, 1.807) is 0 Å². The minimum atomic E-state index is 1.05. The van der Waals surface area contributed by atoms with Crippen molar-refractivity contribution in [2.45, 2.75) is 12.8 Å². The second kappa shape index (κ2) is 15.7. The number of hydrogen-bond donors (Lipinski definition) is 0. The molecule has 1 aliphatic carbocycles. The van der Waals surface area contributed by atoms with E-state index in [-0.39, 0.29) is 0 Å². The van der Waals surface area contributed by atoms with Crippen molar-refractivity contribution in [1.29, 1.82) is 0 Å². The number of aromatic nitrogens is 1. The Labute approximate surface area is 357 Å². The molecular weight excluding hydrogens is 739 g/mol. The van der Waals surface area contributed by atoms with Gasteiger partial charge in [-0.25, -0.2) is 0 Å². The van der Waals surface area contributed by atoms with Crippen molar-refractivity contribution < 1.29 is 0 Å². The minimum Gasteiger partial charge on any atom is -0.311 e. The highest BCUT2D eigenvalue weighted by Gasteiger charge is 2.18. The Morgan fingerprint density at radius 1 is 0.344 bits per heavy atom. The fourth-order valence-electron chi connectivity index (χ4n) is 8.97. The molecule has 0 saturated heterocycles. The Morgan fingerprint density at radius 2 is 0.803 bits per heavy atom. The molecule has 290 valence electrons. The van der Waals surface area contributed by atoms with Gasteiger partial charge in [0, 0.05) is 50.6 Å². The van der Waals surface area contributed by atoms with Crippen molar-refractivity contribution in [2.24, 2.45) is 0 Å². The van der Waals surface area contributed by atoms with E-state index < -0.39 is 0 Å². The highest BCUT2D eigenvalue weighted by atomic mass is 15.1. The molecule has 9 aromatic carbocycles. The minimum absolute atomic E-state index is 1.05. The Kier molecular flexibility index (Phi) is 9.33. The van der Waals surface area contributed by atoms with Crippen molar-refractivity contribution >= 4 is 61.0 Å². The number of para-hydroxylation sites is 3. The van der Waals surface area contributed by atoms with Crippen LogP contribution in [-0.4, -0.2) is 4.57 Å². The van der Waals surface area contributed by atoms with E-state index in [0.717, 1.165) is 47.0 Å². The Hall–Kier alpha value is -7.88. The largest absolute Gasteiger partial charge is 0.311 e. The van der Waals surface area contributed by atoms with Gasteiger partial charge in [-0.1, -0.05) is 133 Å². The standard InChI is InChI=1S/C58H43N3/c1-5-17-48(18-6-1)59(49-19-7-2-8-20-49)52-32-25-43(26-33-52)46-30-37-57-55(40-46)56-41-47(31-38-58(56)61(57)54-36-29-42-15-13-14-16-45(42)39-54)44-27-34-53(35-28-44)60(50-21-9-3-10-22-50)51-23-11-4-12-24-51/h1-3,5-11,13-41H,4,12H2. The number of allylic oxidation sites excluding steroid dienone is 3. The van der Waals surface area contributed by atoms with E-state index >= 15 is 0 Å². The molecule has 1 aliphatic rings. The molecule has 0 atom stereocenters. The molecule has 3 nitrogen and oxygen atoms in total. The molecule has 0 N–H and O–H groups in total. The first-order valence-electron chi connectivity index (χ1n) is 21.2. The smallest absolute Gasteiger partial charge is 0.0541 e. The zero-order valence-electron chi connectivity index (χ0n) is 33.8. The zero-order valence-corrected chi connectivity index (χ0v) is 33.8. The first kappa shape index (κ1) is 36.2. The van der Waals surface area contributed by atoms with Gasteiger partial charge in [-0.3, -0.25) is 0 Å². The van der Waals surface area contributed by atoms with E-state index in [0.29, 0.717) is 0 Å². The van der Waals surface area contributed by atoms with Crippen LogP contribution in [-0.2, 0) is 0 Å². The van der Waals surface area contributed by atoms with Crippen molar-refractivity contribution in [3.05, 3.63) is 242 Å². The number of benzene rings is 9. The summed E-state index contributed by atoms with van der Waals surface area (Å²) in [6.07, 6.45) is 8.99. The monoisotopic (exact) mass is 781 g/mol. The number of hydrogen-bond acceptors (Lipinski definition) is 2. The quantitative estimate of drug-likeness (QED) is 0.144. The van der Waals surface area contributed by atoms with Crippen LogP contribution in [0.25, 0.3) is 60.5 Å². The highest BCUT2D eigenvalue weighted by Crippen LogP contribution is 2.40. The third kappa shape index (κ3) is 6.86. The third-order valence-electron chi connectivity index (χ3n) is 12.0. The summed E-state index contributed by atoms with van der Waals surface area (Å²) in [7, 11) is 0. The van der Waals surface area contributed by atoms with Gasteiger partial charge < -0.3 is 14.4 Å². The van der Waals surface area contributed by atoms with Crippen molar-refractivity contribution in [2.75, 3.05) is 9.80 Å². The van der Waals surface area contributed by atoms with Crippen LogP contribution in [0.2, 0.25) is 0 Å².